The number of amides is 1. The van der Waals surface area contributed by atoms with Gasteiger partial charge in [0.1, 0.15) is 10.7 Å². The lowest BCUT2D eigenvalue weighted by Crippen LogP contribution is -2.27. The number of nitro benzene ring substituents is 1. The van der Waals surface area contributed by atoms with Crippen LogP contribution in [-0.2, 0) is 4.79 Å². The maximum atomic E-state index is 12.5. The minimum absolute atomic E-state index is 0.104. The minimum Gasteiger partial charge on any atom is -0.401 e. The zero-order valence-corrected chi connectivity index (χ0v) is 13.8. The molecule has 0 radical (unpaired) electrons. The lowest BCUT2D eigenvalue weighted by atomic mass is 10.2. The van der Waals surface area contributed by atoms with Crippen LogP contribution < -0.4 is 4.90 Å². The molecule has 1 aromatic heterocycles. The van der Waals surface area contributed by atoms with Crippen LogP contribution in [0.15, 0.2) is 45.7 Å². The normalized spacial score (nSPS) is 15.8. The summed E-state index contributed by atoms with van der Waals surface area (Å²) >= 11 is 6.18. The predicted octanol–water partition coefficient (Wildman–Crippen LogP) is 3.50. The van der Waals surface area contributed by atoms with Crippen LogP contribution in [0.1, 0.15) is 5.76 Å². The summed E-state index contributed by atoms with van der Waals surface area (Å²) in [6.07, 6.45) is 1.36. The first-order valence-corrected chi connectivity index (χ1v) is 7.86. The molecule has 9 nitrogen and oxygen atoms in total. The van der Waals surface area contributed by atoms with Gasteiger partial charge in [-0.25, -0.2) is 0 Å². The standard InChI is InChI=1S/C14H7N3O6S2/c18-13-11(7-10-5-6-12(23-10)17(21)22)25-14(24)15(13)8-1-3-9(4-2-8)16(19)20/h1-7H. The molecule has 25 heavy (non-hydrogen) atoms. The van der Waals surface area contributed by atoms with E-state index in [-0.39, 0.29) is 20.7 Å². The molecule has 0 saturated carbocycles. The number of carbonyl (C=O) groups excluding carboxylic acids is 1. The summed E-state index contributed by atoms with van der Waals surface area (Å²) in [6, 6.07) is 7.94. The Kier molecular flexibility index (Phi) is 4.33. The van der Waals surface area contributed by atoms with Crippen molar-refractivity contribution in [2.75, 3.05) is 4.90 Å². The Labute approximate surface area is 149 Å². The molecule has 1 saturated heterocycles. The van der Waals surface area contributed by atoms with Gasteiger partial charge in [-0.15, -0.1) is 0 Å². The largest absolute Gasteiger partial charge is 0.433 e. The molecule has 0 aliphatic carbocycles. The quantitative estimate of drug-likeness (QED) is 0.344. The second-order valence-electron chi connectivity index (χ2n) is 4.72. The molecule has 1 amide bonds. The lowest BCUT2D eigenvalue weighted by Gasteiger charge is -2.13. The maximum Gasteiger partial charge on any atom is 0.433 e. The van der Waals surface area contributed by atoms with Crippen molar-refractivity contribution in [2.45, 2.75) is 0 Å². The Balaban J connectivity index is 1.87. The summed E-state index contributed by atoms with van der Waals surface area (Å²) in [5, 5.41) is 21.3. The van der Waals surface area contributed by atoms with Crippen molar-refractivity contribution < 1.29 is 19.1 Å². The highest BCUT2D eigenvalue weighted by Crippen LogP contribution is 2.36. The van der Waals surface area contributed by atoms with E-state index in [1.54, 1.807) is 0 Å². The number of carbonyl (C=O) groups is 1. The predicted molar refractivity (Wildman–Crippen MR) is 94.1 cm³/mol. The average Bonchev–Trinajstić information content (AvgIpc) is 3.13. The Hall–Kier alpha value is -3.05. The Morgan fingerprint density at radius 3 is 2.32 bits per heavy atom. The van der Waals surface area contributed by atoms with Crippen molar-refractivity contribution in [1.29, 1.82) is 0 Å². The summed E-state index contributed by atoms with van der Waals surface area (Å²) in [6.45, 7) is 0. The second kappa shape index (κ2) is 6.45. The molecular weight excluding hydrogens is 370 g/mol. The number of non-ortho nitro benzene ring substituents is 1. The number of hydrogen-bond donors (Lipinski definition) is 0. The molecular formula is C14H7N3O6S2. The first-order valence-electron chi connectivity index (χ1n) is 6.63. The molecule has 0 atom stereocenters. The fraction of sp³-hybridized carbons (Fsp3) is 0. The maximum absolute atomic E-state index is 12.5. The van der Waals surface area contributed by atoms with Gasteiger partial charge in [-0.1, -0.05) is 24.0 Å². The van der Waals surface area contributed by atoms with Crippen LogP contribution in [0.3, 0.4) is 0 Å². The molecule has 0 N–H and O–H groups in total. The molecule has 0 unspecified atom stereocenters. The van der Waals surface area contributed by atoms with Gasteiger partial charge in [-0.3, -0.25) is 29.9 Å². The highest BCUT2D eigenvalue weighted by Gasteiger charge is 2.34. The summed E-state index contributed by atoms with van der Waals surface area (Å²) < 4.78 is 5.24. The van der Waals surface area contributed by atoms with Crippen LogP contribution in [0.4, 0.5) is 17.3 Å². The van der Waals surface area contributed by atoms with Crippen molar-refractivity contribution in [2.24, 2.45) is 0 Å². The van der Waals surface area contributed by atoms with E-state index in [0.29, 0.717) is 5.69 Å². The molecule has 3 rings (SSSR count). The topological polar surface area (TPSA) is 120 Å². The van der Waals surface area contributed by atoms with Gasteiger partial charge in [-0.2, -0.15) is 0 Å². The number of benzene rings is 1. The third-order valence-corrected chi connectivity index (χ3v) is 4.48. The average molecular weight is 377 g/mol. The molecule has 2 heterocycles. The van der Waals surface area contributed by atoms with Gasteiger partial charge in [-0.05, 0) is 18.2 Å². The van der Waals surface area contributed by atoms with Crippen molar-refractivity contribution in [3.63, 3.8) is 0 Å². The Bertz CT molecular complexity index is 934. The summed E-state index contributed by atoms with van der Waals surface area (Å²) in [5.74, 6) is -0.726. The van der Waals surface area contributed by atoms with E-state index >= 15 is 0 Å². The van der Waals surface area contributed by atoms with Crippen LogP contribution in [0.5, 0.6) is 0 Å². The molecule has 126 valence electrons. The fourth-order valence-electron chi connectivity index (χ4n) is 2.06. The van der Waals surface area contributed by atoms with Crippen LogP contribution in [-0.4, -0.2) is 20.1 Å². The SMILES string of the molecule is O=C1C(=Cc2ccc([N+](=O)[O-])o2)SC(=S)N1c1ccc([N+](=O)[O-])cc1. The lowest BCUT2D eigenvalue weighted by molar-refractivity contribution is -0.402. The number of nitrogens with zero attached hydrogens (tertiary/aromatic N) is 3. The van der Waals surface area contributed by atoms with Gasteiger partial charge in [0.25, 0.3) is 11.6 Å². The van der Waals surface area contributed by atoms with Crippen molar-refractivity contribution >= 4 is 57.5 Å². The van der Waals surface area contributed by atoms with Gasteiger partial charge in [0, 0.05) is 18.2 Å². The van der Waals surface area contributed by atoms with Crippen LogP contribution in [0, 0.1) is 20.2 Å². The first kappa shape index (κ1) is 16.8. The second-order valence-corrected chi connectivity index (χ2v) is 6.40. The zero-order chi connectivity index (χ0) is 18.1. The molecule has 1 aromatic carbocycles. The number of furan rings is 1. The first-order chi connectivity index (χ1) is 11.9. The highest BCUT2D eigenvalue weighted by atomic mass is 32.2. The van der Waals surface area contributed by atoms with E-state index in [0.717, 1.165) is 11.8 Å². The Morgan fingerprint density at radius 1 is 1.08 bits per heavy atom. The van der Waals surface area contributed by atoms with Crippen LogP contribution >= 0.6 is 24.0 Å². The number of nitro groups is 2. The number of rotatable bonds is 4. The van der Waals surface area contributed by atoms with Gasteiger partial charge in [0.2, 0.25) is 0 Å². The van der Waals surface area contributed by atoms with E-state index in [9.17, 15) is 25.0 Å². The molecule has 0 bridgehead atoms. The molecule has 2 aromatic rings. The molecule has 11 heteroatoms. The Morgan fingerprint density at radius 2 is 1.76 bits per heavy atom. The van der Waals surface area contributed by atoms with E-state index in [2.05, 4.69) is 0 Å². The molecule has 0 spiro atoms. The summed E-state index contributed by atoms with van der Waals surface area (Å²) in [5.41, 5.74) is 0.287. The third-order valence-electron chi connectivity index (χ3n) is 3.18. The van der Waals surface area contributed by atoms with Crippen molar-refractivity contribution in [3.05, 3.63) is 67.3 Å². The molecule has 1 aliphatic rings. The van der Waals surface area contributed by atoms with Gasteiger partial charge in [0.05, 0.1) is 21.6 Å². The minimum atomic E-state index is -0.681. The summed E-state index contributed by atoms with van der Waals surface area (Å²) in [4.78, 5) is 34.1. The fourth-order valence-corrected chi connectivity index (χ4v) is 3.34. The van der Waals surface area contributed by atoms with Crippen LogP contribution in [0.2, 0.25) is 0 Å². The van der Waals surface area contributed by atoms with E-state index in [1.165, 1.54) is 47.4 Å². The van der Waals surface area contributed by atoms with Crippen LogP contribution in [0.25, 0.3) is 6.08 Å². The van der Waals surface area contributed by atoms with Crippen molar-refractivity contribution in [1.82, 2.24) is 0 Å². The van der Waals surface area contributed by atoms with Crippen molar-refractivity contribution in [3.8, 4) is 0 Å². The van der Waals surface area contributed by atoms with Gasteiger partial charge in [0.15, 0.2) is 4.32 Å². The smallest absolute Gasteiger partial charge is 0.401 e. The number of hydrogen-bond acceptors (Lipinski definition) is 8. The molecule has 1 aliphatic heterocycles. The molecule has 1 fully saturated rings. The monoisotopic (exact) mass is 377 g/mol. The van der Waals surface area contributed by atoms with Gasteiger partial charge >= 0.3 is 5.88 Å². The number of anilines is 1. The van der Waals surface area contributed by atoms with E-state index in [1.807, 2.05) is 0 Å². The summed E-state index contributed by atoms with van der Waals surface area (Å²) in [7, 11) is 0. The van der Waals surface area contributed by atoms with Gasteiger partial charge < -0.3 is 4.42 Å². The number of thioether (sulfide) groups is 1. The highest BCUT2D eigenvalue weighted by molar-refractivity contribution is 8.27. The third kappa shape index (κ3) is 3.27. The number of thiocarbonyl (C=S) groups is 1. The zero-order valence-electron chi connectivity index (χ0n) is 12.1. The van der Waals surface area contributed by atoms with E-state index < -0.39 is 21.6 Å². The van der Waals surface area contributed by atoms with E-state index in [4.69, 9.17) is 16.6 Å².